The van der Waals surface area contributed by atoms with Crippen molar-refractivity contribution >= 4 is 39.3 Å². The lowest BCUT2D eigenvalue weighted by molar-refractivity contribution is -0.384. The molecule has 8 nitrogen and oxygen atoms in total. The molecule has 0 saturated carbocycles. The third-order valence-electron chi connectivity index (χ3n) is 4.55. The molecule has 4 rings (SSSR count). The second-order valence-corrected chi connectivity index (χ2v) is 6.48. The van der Waals surface area contributed by atoms with Gasteiger partial charge < -0.3 is 5.32 Å². The molecule has 2 heterocycles. The quantitative estimate of drug-likeness (QED) is 0.428. The highest BCUT2D eigenvalue weighted by molar-refractivity contribution is 6.08. The highest BCUT2D eigenvalue weighted by atomic mass is 16.6. The van der Waals surface area contributed by atoms with Gasteiger partial charge in [-0.2, -0.15) is 5.10 Å². The topological polar surface area (TPSA) is 103 Å². The summed E-state index contributed by atoms with van der Waals surface area (Å²) < 4.78 is 1.74. The van der Waals surface area contributed by atoms with E-state index in [1.54, 1.807) is 4.68 Å². The van der Waals surface area contributed by atoms with E-state index in [0.717, 1.165) is 21.9 Å². The van der Waals surface area contributed by atoms with Crippen molar-refractivity contribution in [3.8, 4) is 0 Å². The van der Waals surface area contributed by atoms with Crippen LogP contribution in [0.25, 0.3) is 21.9 Å². The number of amides is 1. The number of aryl methyl sites for hydroxylation is 2. The van der Waals surface area contributed by atoms with E-state index in [1.807, 2.05) is 38.1 Å². The molecule has 1 N–H and O–H groups in total. The van der Waals surface area contributed by atoms with Crippen LogP contribution in [0.5, 0.6) is 0 Å². The van der Waals surface area contributed by atoms with Crippen LogP contribution in [-0.4, -0.2) is 25.6 Å². The highest BCUT2D eigenvalue weighted by Crippen LogP contribution is 2.27. The summed E-state index contributed by atoms with van der Waals surface area (Å²) in [5.41, 5.74) is 2.93. The minimum absolute atomic E-state index is 0.0665. The fourth-order valence-electron chi connectivity index (χ4n) is 3.09. The van der Waals surface area contributed by atoms with Crippen LogP contribution in [0.3, 0.4) is 0 Å². The van der Waals surface area contributed by atoms with Crippen LogP contribution in [0.4, 0.5) is 11.5 Å². The van der Waals surface area contributed by atoms with Crippen LogP contribution in [0.2, 0.25) is 0 Å². The molecule has 0 atom stereocenters. The molecule has 2 aromatic carbocycles. The molecule has 8 heteroatoms. The Morgan fingerprint density at radius 3 is 2.61 bits per heavy atom. The summed E-state index contributed by atoms with van der Waals surface area (Å²) >= 11 is 0. The fraction of sp³-hybridized carbons (Fsp3) is 0.150. The first-order valence-corrected chi connectivity index (χ1v) is 8.80. The number of benzene rings is 2. The Morgan fingerprint density at radius 2 is 1.93 bits per heavy atom. The Hall–Kier alpha value is -3.81. The maximum Gasteiger partial charge on any atom is 0.269 e. The number of fused-ring (bicyclic) bond motifs is 2. The molecular formula is C20H17N5O3. The smallest absolute Gasteiger partial charge is 0.269 e. The summed E-state index contributed by atoms with van der Waals surface area (Å²) in [6.07, 6.45) is 0. The van der Waals surface area contributed by atoms with Crippen molar-refractivity contribution in [1.29, 1.82) is 0 Å². The third-order valence-corrected chi connectivity index (χ3v) is 4.55. The van der Waals surface area contributed by atoms with Gasteiger partial charge in [-0.15, -0.1) is 0 Å². The second-order valence-electron chi connectivity index (χ2n) is 6.48. The van der Waals surface area contributed by atoms with Crippen LogP contribution in [-0.2, 0) is 6.54 Å². The molecule has 0 saturated heterocycles. The number of rotatable bonds is 4. The predicted molar refractivity (Wildman–Crippen MR) is 106 cm³/mol. The zero-order valence-corrected chi connectivity index (χ0v) is 15.3. The van der Waals surface area contributed by atoms with Gasteiger partial charge in [0.25, 0.3) is 11.6 Å². The molecule has 0 fully saturated rings. The van der Waals surface area contributed by atoms with Crippen molar-refractivity contribution in [3.63, 3.8) is 0 Å². The molecule has 140 valence electrons. The summed E-state index contributed by atoms with van der Waals surface area (Å²) in [5, 5.41) is 19.7. The molecule has 0 radical (unpaired) electrons. The number of carbonyl (C=O) groups excluding carboxylic acids is 1. The van der Waals surface area contributed by atoms with Crippen molar-refractivity contribution < 1.29 is 9.72 Å². The van der Waals surface area contributed by atoms with E-state index >= 15 is 0 Å². The van der Waals surface area contributed by atoms with Gasteiger partial charge in [0.15, 0.2) is 11.5 Å². The van der Waals surface area contributed by atoms with E-state index in [-0.39, 0.29) is 11.6 Å². The molecule has 0 bridgehead atoms. The molecule has 0 aliphatic carbocycles. The Bertz CT molecular complexity index is 1230. The first-order valence-electron chi connectivity index (χ1n) is 8.80. The molecule has 0 unspecified atom stereocenters. The number of nitro benzene ring substituents is 1. The molecule has 2 aromatic heterocycles. The van der Waals surface area contributed by atoms with Crippen LogP contribution in [0.15, 0.2) is 48.5 Å². The van der Waals surface area contributed by atoms with Crippen molar-refractivity contribution in [1.82, 2.24) is 14.8 Å². The van der Waals surface area contributed by atoms with Gasteiger partial charge >= 0.3 is 0 Å². The molecule has 28 heavy (non-hydrogen) atoms. The highest BCUT2D eigenvalue weighted by Gasteiger charge is 2.16. The monoisotopic (exact) mass is 375 g/mol. The van der Waals surface area contributed by atoms with Gasteiger partial charge in [0.1, 0.15) is 0 Å². The van der Waals surface area contributed by atoms with E-state index in [9.17, 15) is 14.9 Å². The fourth-order valence-corrected chi connectivity index (χ4v) is 3.09. The van der Waals surface area contributed by atoms with Gasteiger partial charge in [0.2, 0.25) is 0 Å². The Balaban J connectivity index is 1.74. The lowest BCUT2D eigenvalue weighted by atomic mass is 10.1. The van der Waals surface area contributed by atoms with Crippen molar-refractivity contribution in [2.45, 2.75) is 20.4 Å². The maximum atomic E-state index is 12.6. The van der Waals surface area contributed by atoms with Crippen molar-refractivity contribution in [2.75, 3.05) is 5.32 Å². The number of hydrogen-bond donors (Lipinski definition) is 1. The average Bonchev–Trinajstić information content (AvgIpc) is 3.02. The molecule has 1 amide bonds. The van der Waals surface area contributed by atoms with Crippen LogP contribution in [0.1, 0.15) is 22.8 Å². The summed E-state index contributed by atoms with van der Waals surface area (Å²) in [7, 11) is 0. The van der Waals surface area contributed by atoms with Crippen LogP contribution in [0, 0.1) is 17.0 Å². The van der Waals surface area contributed by atoms with Gasteiger partial charge in [0, 0.05) is 29.6 Å². The summed E-state index contributed by atoms with van der Waals surface area (Å²) in [6.45, 7) is 4.57. The summed E-state index contributed by atoms with van der Waals surface area (Å²) in [6, 6.07) is 13.4. The van der Waals surface area contributed by atoms with Crippen molar-refractivity contribution in [3.05, 3.63) is 69.8 Å². The Morgan fingerprint density at radius 1 is 1.18 bits per heavy atom. The van der Waals surface area contributed by atoms with Gasteiger partial charge in [-0.1, -0.05) is 12.1 Å². The average molecular weight is 375 g/mol. The number of carbonyl (C=O) groups is 1. The largest absolute Gasteiger partial charge is 0.305 e. The SMILES string of the molecule is CCn1nc(NC(=O)c2ccc([N+](=O)[O-])cc2)c2cc3ccc(C)cc3nc21. The molecular weight excluding hydrogens is 358 g/mol. The van der Waals surface area contributed by atoms with Crippen LogP contribution < -0.4 is 5.32 Å². The number of non-ortho nitro benzene ring substituents is 1. The zero-order valence-electron chi connectivity index (χ0n) is 15.3. The second kappa shape index (κ2) is 6.73. The molecule has 0 aliphatic heterocycles. The lowest BCUT2D eigenvalue weighted by Crippen LogP contribution is -2.12. The number of nitro groups is 1. The summed E-state index contributed by atoms with van der Waals surface area (Å²) in [5.74, 6) is 0.0248. The van der Waals surface area contributed by atoms with Gasteiger partial charge in [0.05, 0.1) is 15.8 Å². The summed E-state index contributed by atoms with van der Waals surface area (Å²) in [4.78, 5) is 27.6. The van der Waals surface area contributed by atoms with Gasteiger partial charge in [-0.05, 0) is 43.7 Å². The number of nitrogens with one attached hydrogen (secondary N) is 1. The molecule has 0 aliphatic rings. The predicted octanol–water partition coefficient (Wildman–Crippen LogP) is 4.07. The first kappa shape index (κ1) is 17.6. The zero-order chi connectivity index (χ0) is 19.8. The maximum absolute atomic E-state index is 12.6. The van der Waals surface area contributed by atoms with E-state index in [1.165, 1.54) is 24.3 Å². The number of pyridine rings is 1. The van der Waals surface area contributed by atoms with E-state index in [4.69, 9.17) is 4.98 Å². The number of hydrogen-bond acceptors (Lipinski definition) is 5. The normalized spacial score (nSPS) is 11.1. The Labute approximate surface area is 160 Å². The van der Waals surface area contributed by atoms with Crippen LogP contribution >= 0.6 is 0 Å². The standard InChI is InChI=1S/C20H17N5O3/c1-3-24-19-16(11-14-5-4-12(2)10-17(14)21-19)18(23-24)22-20(26)13-6-8-15(9-7-13)25(27)28/h4-11H,3H2,1-2H3,(H,22,23,26). The van der Waals surface area contributed by atoms with E-state index < -0.39 is 4.92 Å². The molecule has 4 aromatic rings. The minimum atomic E-state index is -0.503. The number of aromatic nitrogens is 3. The van der Waals surface area contributed by atoms with E-state index in [0.29, 0.717) is 23.6 Å². The minimum Gasteiger partial charge on any atom is -0.305 e. The van der Waals surface area contributed by atoms with E-state index in [2.05, 4.69) is 10.4 Å². The molecule has 0 spiro atoms. The third kappa shape index (κ3) is 3.05. The Kier molecular flexibility index (Phi) is 4.23. The number of anilines is 1. The van der Waals surface area contributed by atoms with Crippen molar-refractivity contribution in [2.24, 2.45) is 0 Å². The lowest BCUT2D eigenvalue weighted by Gasteiger charge is -2.03. The van der Waals surface area contributed by atoms with Gasteiger partial charge in [-0.3, -0.25) is 14.9 Å². The van der Waals surface area contributed by atoms with Gasteiger partial charge in [-0.25, -0.2) is 9.67 Å². The number of nitrogens with zero attached hydrogens (tertiary/aromatic N) is 4. The first-order chi connectivity index (χ1) is 13.5.